The van der Waals surface area contributed by atoms with Crippen molar-refractivity contribution in [3.63, 3.8) is 0 Å². The molecule has 1 rings (SSSR count). The summed E-state index contributed by atoms with van der Waals surface area (Å²) >= 11 is 0. The summed E-state index contributed by atoms with van der Waals surface area (Å²) in [5, 5.41) is 3.54. The van der Waals surface area contributed by atoms with Crippen LogP contribution >= 0.6 is 0 Å². The molecule has 1 heterocycles. The Balaban J connectivity index is 2.94. The van der Waals surface area contributed by atoms with Crippen molar-refractivity contribution in [2.45, 2.75) is 52.2 Å². The fourth-order valence-corrected chi connectivity index (χ4v) is 2.06. The number of pyridine rings is 1. The number of nitrogens with zero attached hydrogens (tertiary/aromatic N) is 1. The lowest BCUT2D eigenvalue weighted by Gasteiger charge is -2.34. The predicted molar refractivity (Wildman–Crippen MR) is 82.1 cm³/mol. The molecular weight excluding hydrogens is 252 g/mol. The van der Waals surface area contributed by atoms with Gasteiger partial charge in [0.25, 0.3) is 0 Å². The van der Waals surface area contributed by atoms with E-state index < -0.39 is 0 Å². The first kappa shape index (κ1) is 16.9. The van der Waals surface area contributed by atoms with Gasteiger partial charge >= 0.3 is 0 Å². The van der Waals surface area contributed by atoms with Crippen molar-refractivity contribution in [3.05, 3.63) is 24.0 Å². The summed E-state index contributed by atoms with van der Waals surface area (Å²) in [6, 6.07) is 2.14. The number of nitrogens with one attached hydrogen (secondary N) is 1. The first-order chi connectivity index (χ1) is 9.55. The van der Waals surface area contributed by atoms with Gasteiger partial charge in [-0.15, -0.1) is 0 Å². The summed E-state index contributed by atoms with van der Waals surface area (Å²) in [4.78, 5) is 4.29. The average Bonchev–Trinajstić information content (AvgIpc) is 2.46. The third-order valence-electron chi connectivity index (χ3n) is 3.36. The second-order valence-electron chi connectivity index (χ2n) is 5.50. The van der Waals surface area contributed by atoms with Crippen molar-refractivity contribution < 1.29 is 9.47 Å². The first-order valence-electron chi connectivity index (χ1n) is 7.41. The van der Waals surface area contributed by atoms with E-state index in [-0.39, 0.29) is 11.6 Å². The summed E-state index contributed by atoms with van der Waals surface area (Å²) in [6.45, 7) is 10.1. The van der Waals surface area contributed by atoms with Gasteiger partial charge in [0.05, 0.1) is 24.4 Å². The molecule has 114 valence electrons. The van der Waals surface area contributed by atoms with Crippen LogP contribution in [0.2, 0.25) is 0 Å². The highest BCUT2D eigenvalue weighted by molar-refractivity contribution is 5.27. The number of ether oxygens (including phenoxy) is 2. The molecule has 1 N–H and O–H groups in total. The fourth-order valence-electron chi connectivity index (χ4n) is 2.06. The number of aromatic nitrogens is 1. The standard InChI is InChI=1S/C16H28N2O2/c1-6-8-18-15(16(3,4)19-5)13-10-14(12-17-11-13)20-9-7-2/h10-12,15,18H,6-9H2,1-5H3. The largest absolute Gasteiger partial charge is 0.492 e. The van der Waals surface area contributed by atoms with Crippen molar-refractivity contribution in [2.24, 2.45) is 0 Å². The summed E-state index contributed by atoms with van der Waals surface area (Å²) in [5.41, 5.74) is 0.791. The van der Waals surface area contributed by atoms with E-state index in [1.165, 1.54) is 0 Å². The maximum Gasteiger partial charge on any atom is 0.137 e. The molecule has 4 nitrogen and oxygen atoms in total. The average molecular weight is 280 g/mol. The van der Waals surface area contributed by atoms with E-state index in [1.807, 2.05) is 6.20 Å². The SMILES string of the molecule is CCCNC(c1cncc(OCCC)c1)C(C)(C)OC. The monoisotopic (exact) mass is 280 g/mol. The minimum atomic E-state index is -0.305. The zero-order chi connectivity index (χ0) is 15.0. The van der Waals surface area contributed by atoms with E-state index in [0.29, 0.717) is 6.61 Å². The lowest BCUT2D eigenvalue weighted by atomic mass is 9.92. The van der Waals surface area contributed by atoms with Crippen LogP contribution in [0.15, 0.2) is 18.5 Å². The molecule has 0 saturated heterocycles. The Morgan fingerprint density at radius 1 is 1.25 bits per heavy atom. The molecule has 4 heteroatoms. The maximum atomic E-state index is 5.67. The highest BCUT2D eigenvalue weighted by Crippen LogP contribution is 2.29. The smallest absolute Gasteiger partial charge is 0.137 e. The molecule has 0 aliphatic heterocycles. The van der Waals surface area contributed by atoms with E-state index >= 15 is 0 Å². The number of rotatable bonds is 9. The zero-order valence-electron chi connectivity index (χ0n) is 13.4. The summed E-state index contributed by atoms with van der Waals surface area (Å²) < 4.78 is 11.3. The molecule has 0 bridgehead atoms. The Bertz CT molecular complexity index is 394. The van der Waals surface area contributed by atoms with E-state index in [0.717, 1.165) is 30.7 Å². The van der Waals surface area contributed by atoms with Gasteiger partial charge in [0.2, 0.25) is 0 Å². The normalized spacial score (nSPS) is 13.2. The molecule has 0 aromatic carbocycles. The molecule has 0 spiro atoms. The third kappa shape index (κ3) is 4.76. The van der Waals surface area contributed by atoms with Gasteiger partial charge in [-0.3, -0.25) is 4.98 Å². The van der Waals surface area contributed by atoms with Crippen molar-refractivity contribution in [1.82, 2.24) is 10.3 Å². The van der Waals surface area contributed by atoms with Crippen LogP contribution in [0.1, 0.15) is 52.1 Å². The van der Waals surface area contributed by atoms with Gasteiger partial charge in [0, 0.05) is 13.3 Å². The van der Waals surface area contributed by atoms with Gasteiger partial charge in [-0.25, -0.2) is 0 Å². The lowest BCUT2D eigenvalue weighted by molar-refractivity contribution is -0.0112. The van der Waals surface area contributed by atoms with E-state index in [4.69, 9.17) is 9.47 Å². The van der Waals surface area contributed by atoms with Gasteiger partial charge in [-0.05, 0) is 44.9 Å². The molecule has 0 radical (unpaired) electrons. The summed E-state index contributed by atoms with van der Waals surface area (Å²) in [7, 11) is 1.74. The molecule has 1 aromatic heterocycles. The highest BCUT2D eigenvalue weighted by Gasteiger charge is 2.30. The van der Waals surface area contributed by atoms with Crippen LogP contribution in [0.3, 0.4) is 0 Å². The van der Waals surface area contributed by atoms with Crippen LogP contribution in [0, 0.1) is 0 Å². The van der Waals surface area contributed by atoms with Gasteiger partial charge in [0.1, 0.15) is 5.75 Å². The molecule has 1 aromatic rings. The van der Waals surface area contributed by atoms with Crippen molar-refractivity contribution >= 4 is 0 Å². The molecule has 20 heavy (non-hydrogen) atoms. The number of hydrogen-bond donors (Lipinski definition) is 1. The quantitative estimate of drug-likeness (QED) is 0.753. The van der Waals surface area contributed by atoms with Gasteiger partial charge in [-0.1, -0.05) is 13.8 Å². The Kier molecular flexibility index (Phi) is 6.96. The van der Waals surface area contributed by atoms with Crippen LogP contribution in [0.4, 0.5) is 0 Å². The van der Waals surface area contributed by atoms with Gasteiger partial charge in [-0.2, -0.15) is 0 Å². The van der Waals surface area contributed by atoms with Crippen molar-refractivity contribution in [1.29, 1.82) is 0 Å². The number of hydrogen-bond acceptors (Lipinski definition) is 4. The van der Waals surface area contributed by atoms with E-state index in [2.05, 4.69) is 44.1 Å². The Morgan fingerprint density at radius 3 is 2.60 bits per heavy atom. The van der Waals surface area contributed by atoms with Crippen LogP contribution < -0.4 is 10.1 Å². The second kappa shape index (κ2) is 8.22. The minimum Gasteiger partial charge on any atom is -0.492 e. The minimum absolute atomic E-state index is 0.0881. The lowest BCUT2D eigenvalue weighted by Crippen LogP contribution is -2.41. The highest BCUT2D eigenvalue weighted by atomic mass is 16.5. The summed E-state index contributed by atoms with van der Waals surface area (Å²) in [6.07, 6.45) is 5.71. The van der Waals surface area contributed by atoms with Crippen molar-refractivity contribution in [3.8, 4) is 5.75 Å². The van der Waals surface area contributed by atoms with E-state index in [1.54, 1.807) is 13.3 Å². The van der Waals surface area contributed by atoms with E-state index in [9.17, 15) is 0 Å². The number of methoxy groups -OCH3 is 1. The molecule has 1 unspecified atom stereocenters. The second-order valence-corrected chi connectivity index (χ2v) is 5.50. The van der Waals surface area contributed by atoms with Gasteiger partial charge < -0.3 is 14.8 Å². The third-order valence-corrected chi connectivity index (χ3v) is 3.36. The molecular formula is C16H28N2O2. The molecule has 0 aliphatic rings. The Labute approximate surface area is 122 Å². The Morgan fingerprint density at radius 2 is 2.00 bits per heavy atom. The molecule has 1 atom stereocenters. The van der Waals surface area contributed by atoms with Crippen molar-refractivity contribution in [2.75, 3.05) is 20.3 Å². The van der Waals surface area contributed by atoms with Crippen LogP contribution in [0.5, 0.6) is 5.75 Å². The maximum absolute atomic E-state index is 5.67. The molecule has 0 aliphatic carbocycles. The first-order valence-corrected chi connectivity index (χ1v) is 7.41. The zero-order valence-corrected chi connectivity index (χ0v) is 13.4. The molecule has 0 amide bonds. The summed E-state index contributed by atoms with van der Waals surface area (Å²) in [5.74, 6) is 0.819. The van der Waals surface area contributed by atoms with Gasteiger partial charge in [0.15, 0.2) is 0 Å². The topological polar surface area (TPSA) is 43.4 Å². The molecule has 0 saturated carbocycles. The van der Waals surface area contributed by atoms with Crippen LogP contribution in [-0.2, 0) is 4.74 Å². The van der Waals surface area contributed by atoms with Crippen LogP contribution in [-0.4, -0.2) is 30.8 Å². The Hall–Kier alpha value is -1.13. The fraction of sp³-hybridized carbons (Fsp3) is 0.688. The van der Waals surface area contributed by atoms with Crippen LogP contribution in [0.25, 0.3) is 0 Å². The molecule has 0 fully saturated rings. The predicted octanol–water partition coefficient (Wildman–Crippen LogP) is 3.34.